The second-order valence-corrected chi connectivity index (χ2v) is 5.48. The molecule has 0 radical (unpaired) electrons. The Bertz CT molecular complexity index is 801. The van der Waals surface area contributed by atoms with Crippen molar-refractivity contribution in [3.8, 4) is 11.4 Å². The summed E-state index contributed by atoms with van der Waals surface area (Å²) in [6, 6.07) is 8.16. The highest BCUT2D eigenvalue weighted by Gasteiger charge is 2.13. The van der Waals surface area contributed by atoms with Crippen molar-refractivity contribution in [3.63, 3.8) is 0 Å². The number of ether oxygens (including phenoxy) is 1. The lowest BCUT2D eigenvalue weighted by atomic mass is 10.1. The number of H-pyrrole nitrogens is 1. The molecule has 3 aromatic rings. The minimum absolute atomic E-state index is 0.757. The van der Waals surface area contributed by atoms with Gasteiger partial charge in [-0.05, 0) is 38.5 Å². The molecule has 1 aromatic carbocycles. The number of nitrogens with zero attached hydrogens (tertiary/aromatic N) is 3. The predicted molar refractivity (Wildman–Crippen MR) is 85.7 cm³/mol. The second kappa shape index (κ2) is 5.67. The van der Waals surface area contributed by atoms with E-state index < -0.39 is 0 Å². The van der Waals surface area contributed by atoms with Gasteiger partial charge in [0.25, 0.3) is 0 Å². The molecule has 0 spiro atoms. The topological polar surface area (TPSA) is 55.7 Å². The van der Waals surface area contributed by atoms with E-state index >= 15 is 0 Å². The van der Waals surface area contributed by atoms with E-state index in [2.05, 4.69) is 34.1 Å². The maximum absolute atomic E-state index is 5.37. The van der Waals surface area contributed by atoms with E-state index in [9.17, 15) is 0 Å². The third-order valence-corrected chi connectivity index (χ3v) is 3.82. The maximum Gasteiger partial charge on any atom is 0.121 e. The zero-order chi connectivity index (χ0) is 15.7. The van der Waals surface area contributed by atoms with E-state index in [1.807, 2.05) is 30.7 Å². The number of imidazole rings is 1. The summed E-state index contributed by atoms with van der Waals surface area (Å²) in [6.07, 6.45) is 2.49. The number of nitrogens with one attached hydrogen (secondary N) is 1. The lowest BCUT2D eigenvalue weighted by Gasteiger charge is -2.13. The van der Waals surface area contributed by atoms with Crippen molar-refractivity contribution in [1.29, 1.82) is 0 Å². The summed E-state index contributed by atoms with van der Waals surface area (Å²) in [5, 5.41) is 4.60. The van der Waals surface area contributed by atoms with Gasteiger partial charge in [-0.25, -0.2) is 9.67 Å². The highest BCUT2D eigenvalue weighted by atomic mass is 16.5. The van der Waals surface area contributed by atoms with E-state index in [0.29, 0.717) is 0 Å². The molecule has 0 fully saturated rings. The fraction of sp³-hybridized carbons (Fsp3) is 0.294. The van der Waals surface area contributed by atoms with Gasteiger partial charge in [-0.15, -0.1) is 0 Å². The Labute approximate surface area is 130 Å². The molecule has 114 valence electrons. The normalized spacial score (nSPS) is 10.9. The van der Waals surface area contributed by atoms with Crippen LogP contribution in [0, 0.1) is 20.8 Å². The van der Waals surface area contributed by atoms with Gasteiger partial charge in [0.05, 0.1) is 30.5 Å². The lowest BCUT2D eigenvalue weighted by molar-refractivity contribution is 0.414. The molecule has 2 aromatic heterocycles. The highest BCUT2D eigenvalue weighted by Crippen LogP contribution is 2.25. The van der Waals surface area contributed by atoms with E-state index in [-0.39, 0.29) is 0 Å². The summed E-state index contributed by atoms with van der Waals surface area (Å²) in [5.41, 5.74) is 6.45. The van der Waals surface area contributed by atoms with Crippen LogP contribution in [0.1, 0.15) is 28.3 Å². The molecule has 1 N–H and O–H groups in total. The Morgan fingerprint density at radius 2 is 2.00 bits per heavy atom. The largest absolute Gasteiger partial charge is 0.497 e. The van der Waals surface area contributed by atoms with Crippen LogP contribution < -0.4 is 4.74 Å². The number of methoxy groups -OCH3 is 1. The van der Waals surface area contributed by atoms with Crippen LogP contribution >= 0.6 is 0 Å². The first-order chi connectivity index (χ1) is 10.6. The predicted octanol–water partition coefficient (Wildman–Crippen LogP) is 3.12. The molecule has 0 amide bonds. The Kier molecular flexibility index (Phi) is 3.71. The van der Waals surface area contributed by atoms with E-state index in [0.717, 1.165) is 40.6 Å². The number of rotatable bonds is 4. The van der Waals surface area contributed by atoms with Crippen molar-refractivity contribution >= 4 is 0 Å². The molecule has 0 saturated heterocycles. The summed E-state index contributed by atoms with van der Waals surface area (Å²) < 4.78 is 7.34. The third kappa shape index (κ3) is 2.62. The van der Waals surface area contributed by atoms with Crippen LogP contribution in [0.15, 0.2) is 30.6 Å². The summed E-state index contributed by atoms with van der Waals surface area (Å²) in [6.45, 7) is 6.10. The average molecular weight is 296 g/mol. The number of aryl methyl sites for hydroxylation is 3. The number of hydrogen-bond donors (Lipinski definition) is 1. The molecule has 0 atom stereocenters. The van der Waals surface area contributed by atoms with Crippen molar-refractivity contribution in [2.24, 2.45) is 0 Å². The molecule has 22 heavy (non-hydrogen) atoms. The molecule has 5 heteroatoms. The van der Waals surface area contributed by atoms with E-state index in [4.69, 9.17) is 4.74 Å². The summed E-state index contributed by atoms with van der Waals surface area (Å²) in [5.74, 6) is 0.824. The minimum atomic E-state index is 0.757. The zero-order valence-electron chi connectivity index (χ0n) is 13.3. The highest BCUT2D eigenvalue weighted by molar-refractivity contribution is 5.48. The van der Waals surface area contributed by atoms with Crippen molar-refractivity contribution in [2.45, 2.75) is 27.2 Å². The monoisotopic (exact) mass is 296 g/mol. The molecule has 0 unspecified atom stereocenters. The first-order valence-electron chi connectivity index (χ1n) is 7.28. The maximum atomic E-state index is 5.37. The number of aromatic nitrogens is 4. The molecule has 5 nitrogen and oxygen atoms in total. The van der Waals surface area contributed by atoms with Crippen LogP contribution in [-0.4, -0.2) is 26.9 Å². The molecule has 0 aliphatic heterocycles. The molecule has 2 heterocycles. The van der Waals surface area contributed by atoms with Crippen molar-refractivity contribution < 1.29 is 4.74 Å². The van der Waals surface area contributed by atoms with Gasteiger partial charge in [0.15, 0.2) is 0 Å². The molecule has 0 saturated carbocycles. The van der Waals surface area contributed by atoms with E-state index in [1.165, 1.54) is 5.56 Å². The Morgan fingerprint density at radius 1 is 1.18 bits per heavy atom. The summed E-state index contributed by atoms with van der Waals surface area (Å²) in [4.78, 5) is 7.53. The molecular formula is C17H20N4O. The first kappa shape index (κ1) is 14.4. The van der Waals surface area contributed by atoms with Gasteiger partial charge in [0.1, 0.15) is 5.75 Å². The number of benzene rings is 1. The van der Waals surface area contributed by atoms with Crippen LogP contribution in [-0.2, 0) is 6.42 Å². The Hall–Kier alpha value is -2.56. The smallest absolute Gasteiger partial charge is 0.121 e. The second-order valence-electron chi connectivity index (χ2n) is 5.48. The van der Waals surface area contributed by atoms with Gasteiger partial charge >= 0.3 is 0 Å². The van der Waals surface area contributed by atoms with Gasteiger partial charge in [0.2, 0.25) is 0 Å². The van der Waals surface area contributed by atoms with Gasteiger partial charge in [0, 0.05) is 23.9 Å². The molecule has 0 aliphatic carbocycles. The number of hydrogen-bond acceptors (Lipinski definition) is 3. The van der Waals surface area contributed by atoms with Crippen molar-refractivity contribution in [3.05, 3.63) is 58.9 Å². The molecule has 3 rings (SSSR count). The Morgan fingerprint density at radius 3 is 2.59 bits per heavy atom. The number of aromatic amines is 1. The molecular weight excluding hydrogens is 276 g/mol. The lowest BCUT2D eigenvalue weighted by Crippen LogP contribution is -2.05. The third-order valence-electron chi connectivity index (χ3n) is 3.82. The SMILES string of the molecule is COc1ccc(Cc2nc[nH]c2C)c(-n2nc(C)cc2C)c1. The van der Waals surface area contributed by atoms with Gasteiger partial charge in [-0.3, -0.25) is 0 Å². The van der Waals surface area contributed by atoms with Crippen molar-refractivity contribution in [2.75, 3.05) is 7.11 Å². The quantitative estimate of drug-likeness (QED) is 0.805. The van der Waals surface area contributed by atoms with Crippen LogP contribution in [0.2, 0.25) is 0 Å². The summed E-state index contributed by atoms with van der Waals surface area (Å²) >= 11 is 0. The van der Waals surface area contributed by atoms with Crippen LogP contribution in [0.3, 0.4) is 0 Å². The van der Waals surface area contributed by atoms with Crippen LogP contribution in [0.4, 0.5) is 0 Å². The first-order valence-corrected chi connectivity index (χ1v) is 7.28. The zero-order valence-corrected chi connectivity index (χ0v) is 13.3. The van der Waals surface area contributed by atoms with Gasteiger partial charge in [-0.2, -0.15) is 5.10 Å². The Balaban J connectivity index is 2.10. The van der Waals surface area contributed by atoms with Gasteiger partial charge in [-0.1, -0.05) is 6.07 Å². The van der Waals surface area contributed by atoms with E-state index in [1.54, 1.807) is 13.4 Å². The summed E-state index contributed by atoms with van der Waals surface area (Å²) in [7, 11) is 1.68. The van der Waals surface area contributed by atoms with Crippen LogP contribution in [0.25, 0.3) is 5.69 Å². The standard InChI is InChI=1S/C17H20N4O/c1-11-7-12(2)21(20-11)17-9-15(22-4)6-5-14(17)8-16-13(3)18-10-19-16/h5-7,9-10H,8H2,1-4H3,(H,18,19). The molecule has 0 bridgehead atoms. The average Bonchev–Trinajstić information content (AvgIpc) is 3.05. The fourth-order valence-corrected chi connectivity index (χ4v) is 2.64. The van der Waals surface area contributed by atoms with Crippen molar-refractivity contribution in [1.82, 2.24) is 19.7 Å². The van der Waals surface area contributed by atoms with Crippen LogP contribution in [0.5, 0.6) is 5.75 Å². The molecule has 0 aliphatic rings. The van der Waals surface area contributed by atoms with Gasteiger partial charge < -0.3 is 9.72 Å². The fourth-order valence-electron chi connectivity index (χ4n) is 2.64. The minimum Gasteiger partial charge on any atom is -0.497 e.